The molecule has 0 saturated carbocycles. The van der Waals surface area contributed by atoms with Crippen molar-refractivity contribution in [2.45, 2.75) is 69.9 Å². The Morgan fingerprint density at radius 1 is 1.14 bits per heavy atom. The number of fused-ring (bicyclic) bond motifs is 2. The fraction of sp³-hybridized carbons (Fsp3) is 0.750. The topological polar surface area (TPSA) is 55.0 Å². The van der Waals surface area contributed by atoms with E-state index in [2.05, 4.69) is 60.3 Å². The molecule has 2 bridgehead atoms. The Morgan fingerprint density at radius 3 is 2.24 bits per heavy atom. The molecule has 2 aliphatic rings. The molecule has 116 valence electrons. The second kappa shape index (κ2) is 5.33. The molecule has 0 radical (unpaired) electrons. The monoisotopic (exact) mass is 400 g/mol. The predicted molar refractivity (Wildman–Crippen MR) is 94.4 cm³/mol. The Morgan fingerprint density at radius 2 is 1.71 bits per heavy atom. The van der Waals surface area contributed by atoms with Crippen molar-refractivity contribution in [3.8, 4) is 0 Å². The van der Waals surface area contributed by atoms with Gasteiger partial charge in [0.05, 0.1) is 9.26 Å². The van der Waals surface area contributed by atoms with Crippen LogP contribution in [0.1, 0.15) is 63.9 Å². The lowest BCUT2D eigenvalue weighted by molar-refractivity contribution is 0.158. The lowest BCUT2D eigenvalue weighted by atomic mass is 9.88. The van der Waals surface area contributed by atoms with Crippen LogP contribution < -0.4 is 5.73 Å². The summed E-state index contributed by atoms with van der Waals surface area (Å²) in [5, 5.41) is 0. The third kappa shape index (κ3) is 2.79. The summed E-state index contributed by atoms with van der Waals surface area (Å²) < 4.78 is 1.01. The lowest BCUT2D eigenvalue weighted by Crippen LogP contribution is -2.39. The van der Waals surface area contributed by atoms with E-state index in [1.807, 2.05) is 0 Å². The second-order valence-electron chi connectivity index (χ2n) is 7.60. The second-order valence-corrected chi connectivity index (χ2v) is 8.68. The molecule has 2 aliphatic heterocycles. The van der Waals surface area contributed by atoms with Crippen LogP contribution in [0.15, 0.2) is 0 Å². The zero-order chi connectivity index (χ0) is 15.4. The van der Waals surface area contributed by atoms with E-state index >= 15 is 0 Å². The molecule has 2 fully saturated rings. The number of nitrogens with zero attached hydrogens (tertiary/aromatic N) is 3. The van der Waals surface area contributed by atoms with Crippen LogP contribution in [-0.4, -0.2) is 34.0 Å². The Kier molecular flexibility index (Phi) is 3.93. The zero-order valence-corrected chi connectivity index (χ0v) is 15.5. The summed E-state index contributed by atoms with van der Waals surface area (Å²) in [4.78, 5) is 12.1. The number of halogens is 1. The average Bonchev–Trinajstić information content (AvgIpc) is 2.63. The van der Waals surface area contributed by atoms with Crippen LogP contribution in [0, 0.1) is 3.57 Å². The van der Waals surface area contributed by atoms with Gasteiger partial charge in [-0.3, -0.25) is 0 Å². The molecule has 3 rings (SSSR count). The van der Waals surface area contributed by atoms with E-state index in [0.717, 1.165) is 15.1 Å². The minimum atomic E-state index is 0.00672. The van der Waals surface area contributed by atoms with E-state index in [0.29, 0.717) is 23.8 Å². The van der Waals surface area contributed by atoms with Crippen molar-refractivity contribution >= 4 is 28.4 Å². The van der Waals surface area contributed by atoms with E-state index in [9.17, 15) is 0 Å². The summed E-state index contributed by atoms with van der Waals surface area (Å²) in [6, 6.07) is 1.41. The highest BCUT2D eigenvalue weighted by molar-refractivity contribution is 14.1. The first-order valence-corrected chi connectivity index (χ1v) is 8.90. The standard InChI is InChI=1S/C16H25IN4/c1-16(2,3)13-12(17)14(18)20-15(19-13)9-7-10-5-6-11(8-9)21(10)4/h9-11H,5-8H2,1-4H3,(H2,18,19,20). The minimum Gasteiger partial charge on any atom is -0.383 e. The van der Waals surface area contributed by atoms with Gasteiger partial charge in [0.15, 0.2) is 0 Å². The molecule has 4 nitrogen and oxygen atoms in total. The predicted octanol–water partition coefficient (Wildman–Crippen LogP) is 3.30. The molecule has 0 amide bonds. The van der Waals surface area contributed by atoms with Gasteiger partial charge in [0, 0.05) is 23.4 Å². The van der Waals surface area contributed by atoms with E-state index < -0.39 is 0 Å². The van der Waals surface area contributed by atoms with E-state index in [-0.39, 0.29) is 5.41 Å². The van der Waals surface area contributed by atoms with Crippen molar-refractivity contribution in [3.63, 3.8) is 0 Å². The number of hydrogen-bond acceptors (Lipinski definition) is 4. The highest BCUT2D eigenvalue weighted by Gasteiger charge is 2.40. The summed E-state index contributed by atoms with van der Waals surface area (Å²) in [5.41, 5.74) is 7.27. The number of piperidine rings is 1. The van der Waals surface area contributed by atoms with Crippen LogP contribution in [0.4, 0.5) is 5.82 Å². The molecule has 1 aromatic heterocycles. The fourth-order valence-corrected chi connectivity index (χ4v) is 4.83. The van der Waals surface area contributed by atoms with Gasteiger partial charge >= 0.3 is 0 Å². The number of nitrogens with two attached hydrogens (primary N) is 1. The average molecular weight is 400 g/mol. The van der Waals surface area contributed by atoms with E-state index in [1.165, 1.54) is 25.7 Å². The number of aromatic nitrogens is 2. The van der Waals surface area contributed by atoms with E-state index in [1.54, 1.807) is 0 Å². The first-order chi connectivity index (χ1) is 9.77. The van der Waals surface area contributed by atoms with Crippen LogP contribution in [-0.2, 0) is 5.41 Å². The highest BCUT2D eigenvalue weighted by Crippen LogP contribution is 2.42. The van der Waals surface area contributed by atoms with Gasteiger partial charge in [-0.2, -0.15) is 0 Å². The quantitative estimate of drug-likeness (QED) is 0.735. The van der Waals surface area contributed by atoms with Crippen molar-refractivity contribution in [2.24, 2.45) is 0 Å². The molecule has 5 heteroatoms. The summed E-state index contributed by atoms with van der Waals surface area (Å²) in [6.07, 6.45) is 5.00. The van der Waals surface area contributed by atoms with Crippen LogP contribution >= 0.6 is 22.6 Å². The van der Waals surface area contributed by atoms with Gasteiger partial charge in [-0.25, -0.2) is 9.97 Å². The Labute approximate surface area is 141 Å². The van der Waals surface area contributed by atoms with Gasteiger partial charge in [0.25, 0.3) is 0 Å². The van der Waals surface area contributed by atoms with Crippen LogP contribution in [0.2, 0.25) is 0 Å². The maximum absolute atomic E-state index is 6.17. The summed E-state index contributed by atoms with van der Waals surface area (Å²) in [7, 11) is 2.27. The first-order valence-electron chi connectivity index (χ1n) is 7.82. The molecule has 21 heavy (non-hydrogen) atoms. The van der Waals surface area contributed by atoms with Gasteiger partial charge in [-0.05, 0) is 55.3 Å². The Bertz CT molecular complexity index is 538. The van der Waals surface area contributed by atoms with Crippen molar-refractivity contribution < 1.29 is 0 Å². The van der Waals surface area contributed by atoms with Crippen molar-refractivity contribution in [1.29, 1.82) is 0 Å². The minimum absolute atomic E-state index is 0.00672. The van der Waals surface area contributed by atoms with Gasteiger partial charge in [0.2, 0.25) is 0 Å². The molecule has 2 N–H and O–H groups in total. The van der Waals surface area contributed by atoms with Crippen LogP contribution in [0.25, 0.3) is 0 Å². The van der Waals surface area contributed by atoms with Crippen LogP contribution in [0.5, 0.6) is 0 Å². The number of hydrogen-bond donors (Lipinski definition) is 1. The molecule has 0 spiro atoms. The lowest BCUT2D eigenvalue weighted by Gasteiger charge is -2.36. The molecule has 0 aromatic carbocycles. The maximum Gasteiger partial charge on any atom is 0.140 e. The van der Waals surface area contributed by atoms with Gasteiger partial charge in [0.1, 0.15) is 11.6 Å². The normalized spacial score (nSPS) is 29.9. The SMILES string of the molecule is CN1C2CCC1CC(c1nc(N)c(I)c(C(C)(C)C)n1)C2. The third-order valence-corrected chi connectivity index (χ3v) is 6.13. The molecule has 1 aromatic rings. The molecular formula is C16H25IN4. The van der Waals surface area contributed by atoms with Gasteiger partial charge in [-0.1, -0.05) is 20.8 Å². The summed E-state index contributed by atoms with van der Waals surface area (Å²) in [6.45, 7) is 6.58. The van der Waals surface area contributed by atoms with Gasteiger partial charge < -0.3 is 10.6 Å². The van der Waals surface area contributed by atoms with E-state index in [4.69, 9.17) is 10.7 Å². The largest absolute Gasteiger partial charge is 0.383 e. The number of nitrogen functional groups attached to an aromatic ring is 1. The zero-order valence-electron chi connectivity index (χ0n) is 13.4. The first kappa shape index (κ1) is 15.5. The fourth-order valence-electron chi connectivity index (χ4n) is 3.78. The summed E-state index contributed by atoms with van der Waals surface area (Å²) in [5.74, 6) is 2.10. The van der Waals surface area contributed by atoms with Crippen molar-refractivity contribution in [1.82, 2.24) is 14.9 Å². The maximum atomic E-state index is 6.17. The summed E-state index contributed by atoms with van der Waals surface area (Å²) >= 11 is 2.28. The molecule has 2 atom stereocenters. The van der Waals surface area contributed by atoms with Crippen molar-refractivity contribution in [3.05, 3.63) is 15.1 Å². The Hall–Kier alpha value is -0.430. The smallest absolute Gasteiger partial charge is 0.140 e. The number of rotatable bonds is 1. The molecule has 2 saturated heterocycles. The molecular weight excluding hydrogens is 375 g/mol. The van der Waals surface area contributed by atoms with Gasteiger partial charge in [-0.15, -0.1) is 0 Å². The third-order valence-electron chi connectivity index (χ3n) is 5.07. The molecule has 2 unspecified atom stereocenters. The van der Waals surface area contributed by atoms with Crippen molar-refractivity contribution in [2.75, 3.05) is 12.8 Å². The molecule has 3 heterocycles. The highest BCUT2D eigenvalue weighted by atomic mass is 127. The molecule has 0 aliphatic carbocycles. The number of anilines is 1. The Balaban J connectivity index is 1.95. The van der Waals surface area contributed by atoms with Crippen LogP contribution in [0.3, 0.4) is 0 Å².